The Balaban J connectivity index is 1.53. The number of aromatic nitrogens is 5. The summed E-state index contributed by atoms with van der Waals surface area (Å²) in [6.45, 7) is 0.867. The number of rotatable bonds is 6. The molecule has 0 amide bonds. The maximum absolute atomic E-state index is 4.49. The van der Waals surface area contributed by atoms with E-state index in [1.165, 1.54) is 31.2 Å². The molecule has 2 aromatic heterocycles. The van der Waals surface area contributed by atoms with Crippen molar-refractivity contribution in [3.05, 3.63) is 23.9 Å². The summed E-state index contributed by atoms with van der Waals surface area (Å²) in [6, 6.07) is 5.29. The number of tetrazole rings is 1. The molecule has 7 heteroatoms. The quantitative estimate of drug-likeness (QED) is 0.874. The van der Waals surface area contributed by atoms with Crippen LogP contribution in [0.25, 0.3) is 0 Å². The minimum atomic E-state index is 0.490. The van der Waals surface area contributed by atoms with Gasteiger partial charge < -0.3 is 5.32 Å². The Kier molecular flexibility index (Phi) is 3.16. The number of hydrogen-bond donors (Lipinski definition) is 1. The molecule has 0 bridgehead atoms. The van der Waals surface area contributed by atoms with E-state index in [-0.39, 0.29) is 0 Å². The Morgan fingerprint density at radius 1 is 1.30 bits per heavy atom. The van der Waals surface area contributed by atoms with Crippen LogP contribution in [0.5, 0.6) is 0 Å². The lowest BCUT2D eigenvalue weighted by Crippen LogP contribution is -2.16. The van der Waals surface area contributed by atoms with E-state index in [2.05, 4.69) is 31.9 Å². The van der Waals surface area contributed by atoms with Gasteiger partial charge in [-0.2, -0.15) is 0 Å². The standard InChI is InChI=1S/C13H16N6S/c1-2-9(8-15-10-3-4-10)12(14-7-1)20-13-16-17-18-19(13)11-5-6-11/h1-2,7,10-11,15H,3-6,8H2. The molecule has 0 aromatic carbocycles. The predicted molar refractivity (Wildman–Crippen MR) is 74.3 cm³/mol. The highest BCUT2D eigenvalue weighted by atomic mass is 32.2. The molecule has 0 saturated heterocycles. The molecule has 0 atom stereocenters. The van der Waals surface area contributed by atoms with Gasteiger partial charge in [0.2, 0.25) is 5.16 Å². The molecule has 2 heterocycles. The van der Waals surface area contributed by atoms with Crippen LogP contribution in [0.2, 0.25) is 0 Å². The minimum Gasteiger partial charge on any atom is -0.310 e. The summed E-state index contributed by atoms with van der Waals surface area (Å²) >= 11 is 1.56. The Labute approximate surface area is 121 Å². The molecule has 0 radical (unpaired) electrons. The maximum atomic E-state index is 4.49. The van der Waals surface area contributed by atoms with E-state index in [1.807, 2.05) is 16.9 Å². The summed E-state index contributed by atoms with van der Waals surface area (Å²) in [5.74, 6) is 0. The largest absolute Gasteiger partial charge is 0.310 e. The molecule has 2 saturated carbocycles. The molecule has 2 aliphatic rings. The van der Waals surface area contributed by atoms with Crippen LogP contribution < -0.4 is 5.32 Å². The van der Waals surface area contributed by atoms with Crippen molar-refractivity contribution in [2.75, 3.05) is 0 Å². The molecule has 20 heavy (non-hydrogen) atoms. The Morgan fingerprint density at radius 3 is 3.00 bits per heavy atom. The van der Waals surface area contributed by atoms with E-state index < -0.39 is 0 Å². The fourth-order valence-corrected chi connectivity index (χ4v) is 2.99. The van der Waals surface area contributed by atoms with Crippen LogP contribution in [0.15, 0.2) is 28.5 Å². The van der Waals surface area contributed by atoms with E-state index in [0.717, 1.165) is 16.7 Å². The highest BCUT2D eigenvalue weighted by Gasteiger charge is 2.28. The molecular weight excluding hydrogens is 272 g/mol. The highest BCUT2D eigenvalue weighted by molar-refractivity contribution is 7.99. The first-order valence-corrected chi connectivity index (χ1v) is 7.85. The summed E-state index contributed by atoms with van der Waals surface area (Å²) in [4.78, 5) is 4.49. The number of hydrogen-bond acceptors (Lipinski definition) is 6. The molecule has 2 aromatic rings. The lowest BCUT2D eigenvalue weighted by molar-refractivity contribution is 0.565. The van der Waals surface area contributed by atoms with Crippen molar-refractivity contribution >= 4 is 11.8 Å². The van der Waals surface area contributed by atoms with Crippen LogP contribution in [0, 0.1) is 0 Å². The topological polar surface area (TPSA) is 68.5 Å². The zero-order valence-corrected chi connectivity index (χ0v) is 11.9. The van der Waals surface area contributed by atoms with Crippen molar-refractivity contribution in [2.45, 2.75) is 54.5 Å². The highest BCUT2D eigenvalue weighted by Crippen LogP contribution is 2.38. The van der Waals surface area contributed by atoms with Gasteiger partial charge >= 0.3 is 0 Å². The van der Waals surface area contributed by atoms with Crippen molar-refractivity contribution in [2.24, 2.45) is 0 Å². The van der Waals surface area contributed by atoms with E-state index >= 15 is 0 Å². The fourth-order valence-electron chi connectivity index (χ4n) is 2.08. The monoisotopic (exact) mass is 288 g/mol. The summed E-state index contributed by atoms with van der Waals surface area (Å²) < 4.78 is 1.93. The molecule has 2 fully saturated rings. The molecule has 0 spiro atoms. The third-order valence-corrected chi connectivity index (χ3v) is 4.56. The summed E-state index contributed by atoms with van der Waals surface area (Å²) in [5, 5.41) is 17.4. The first-order valence-electron chi connectivity index (χ1n) is 7.03. The third kappa shape index (κ3) is 2.69. The second-order valence-electron chi connectivity index (χ2n) is 5.36. The second-order valence-corrected chi connectivity index (χ2v) is 6.32. The summed E-state index contributed by atoms with van der Waals surface area (Å²) in [5.41, 5.74) is 1.22. The van der Waals surface area contributed by atoms with Crippen LogP contribution in [-0.2, 0) is 6.54 Å². The first-order chi connectivity index (χ1) is 9.90. The van der Waals surface area contributed by atoms with Gasteiger partial charge in [0.15, 0.2) is 0 Å². The first kappa shape index (κ1) is 12.3. The molecular formula is C13H16N6S. The van der Waals surface area contributed by atoms with Crippen molar-refractivity contribution in [3.8, 4) is 0 Å². The lowest BCUT2D eigenvalue weighted by Gasteiger charge is -2.08. The van der Waals surface area contributed by atoms with Crippen LogP contribution in [0.4, 0.5) is 0 Å². The van der Waals surface area contributed by atoms with E-state index in [4.69, 9.17) is 0 Å². The van der Waals surface area contributed by atoms with Gasteiger partial charge in [-0.25, -0.2) is 9.67 Å². The van der Waals surface area contributed by atoms with Gasteiger partial charge in [-0.05, 0) is 59.5 Å². The summed E-state index contributed by atoms with van der Waals surface area (Å²) in [6.07, 6.45) is 6.77. The molecule has 0 aliphatic heterocycles. The van der Waals surface area contributed by atoms with Gasteiger partial charge in [0.1, 0.15) is 5.03 Å². The van der Waals surface area contributed by atoms with Gasteiger partial charge in [-0.3, -0.25) is 0 Å². The normalized spacial score (nSPS) is 18.4. The lowest BCUT2D eigenvalue weighted by atomic mass is 10.3. The van der Waals surface area contributed by atoms with Crippen molar-refractivity contribution in [1.29, 1.82) is 0 Å². The van der Waals surface area contributed by atoms with Crippen molar-refractivity contribution < 1.29 is 0 Å². The molecule has 4 rings (SSSR count). The predicted octanol–water partition coefficient (Wildman–Crippen LogP) is 1.81. The maximum Gasteiger partial charge on any atom is 0.215 e. The van der Waals surface area contributed by atoms with Crippen molar-refractivity contribution in [3.63, 3.8) is 0 Å². The van der Waals surface area contributed by atoms with Gasteiger partial charge in [0.05, 0.1) is 6.04 Å². The third-order valence-electron chi connectivity index (χ3n) is 3.55. The van der Waals surface area contributed by atoms with Gasteiger partial charge in [-0.15, -0.1) is 5.10 Å². The molecule has 6 nitrogen and oxygen atoms in total. The fraction of sp³-hybridized carbons (Fsp3) is 0.538. The number of nitrogens with one attached hydrogen (secondary N) is 1. The van der Waals surface area contributed by atoms with Crippen LogP contribution in [0.1, 0.15) is 37.3 Å². The Bertz CT molecular complexity index is 604. The average molecular weight is 288 g/mol. The van der Waals surface area contributed by atoms with Crippen LogP contribution in [-0.4, -0.2) is 31.2 Å². The Morgan fingerprint density at radius 2 is 2.20 bits per heavy atom. The Hall–Kier alpha value is -1.47. The summed E-state index contributed by atoms with van der Waals surface area (Å²) in [7, 11) is 0. The smallest absolute Gasteiger partial charge is 0.215 e. The molecule has 0 unspecified atom stereocenters. The van der Waals surface area contributed by atoms with Crippen LogP contribution >= 0.6 is 11.8 Å². The second kappa shape index (κ2) is 5.14. The van der Waals surface area contributed by atoms with E-state index in [0.29, 0.717) is 12.1 Å². The van der Waals surface area contributed by atoms with E-state index in [9.17, 15) is 0 Å². The van der Waals surface area contributed by atoms with Gasteiger partial charge in [0, 0.05) is 18.8 Å². The molecule has 1 N–H and O–H groups in total. The zero-order valence-electron chi connectivity index (χ0n) is 11.1. The minimum absolute atomic E-state index is 0.490. The number of pyridine rings is 1. The molecule has 2 aliphatic carbocycles. The van der Waals surface area contributed by atoms with Crippen LogP contribution in [0.3, 0.4) is 0 Å². The average Bonchev–Trinajstić information content (AvgIpc) is 3.39. The van der Waals surface area contributed by atoms with E-state index in [1.54, 1.807) is 11.8 Å². The van der Waals surface area contributed by atoms with Crippen molar-refractivity contribution in [1.82, 2.24) is 30.5 Å². The van der Waals surface area contributed by atoms with Gasteiger partial charge in [-0.1, -0.05) is 6.07 Å². The molecule has 104 valence electrons. The number of nitrogens with zero attached hydrogens (tertiary/aromatic N) is 5. The van der Waals surface area contributed by atoms with Gasteiger partial charge in [0.25, 0.3) is 0 Å². The SMILES string of the molecule is c1cnc(Sc2nnnn2C2CC2)c(CNC2CC2)c1. The zero-order chi connectivity index (χ0) is 13.4.